The van der Waals surface area contributed by atoms with Gasteiger partial charge in [0.05, 0.1) is 19.3 Å². The smallest absolute Gasteiger partial charge is 0.221 e. The van der Waals surface area contributed by atoms with E-state index in [0.29, 0.717) is 11.6 Å². The average molecular weight is 444 g/mol. The van der Waals surface area contributed by atoms with Gasteiger partial charge in [0.15, 0.2) is 5.96 Å². The fourth-order valence-corrected chi connectivity index (χ4v) is 3.81. The normalized spacial score (nSPS) is 16.2. The van der Waals surface area contributed by atoms with Gasteiger partial charge in [-0.25, -0.2) is 4.99 Å². The summed E-state index contributed by atoms with van der Waals surface area (Å²) >= 11 is 6.20. The fourth-order valence-electron chi connectivity index (χ4n) is 3.64. The molecule has 1 aliphatic rings. The number of ether oxygens (including phenoxy) is 1. The summed E-state index contributed by atoms with van der Waals surface area (Å²) in [5, 5.41) is 10.4. The van der Waals surface area contributed by atoms with Gasteiger partial charge < -0.3 is 25.6 Å². The third kappa shape index (κ3) is 6.52. The van der Waals surface area contributed by atoms with Crippen LogP contribution in [-0.4, -0.2) is 44.7 Å². The molecule has 1 fully saturated rings. The monoisotopic (exact) mass is 443 g/mol. The zero-order valence-corrected chi connectivity index (χ0v) is 19.0. The zero-order chi connectivity index (χ0) is 22.2. The van der Waals surface area contributed by atoms with Crippen molar-refractivity contribution in [3.8, 4) is 5.75 Å². The van der Waals surface area contributed by atoms with E-state index in [2.05, 4.69) is 20.9 Å². The highest BCUT2D eigenvalue weighted by atomic mass is 35.5. The van der Waals surface area contributed by atoms with E-state index in [4.69, 9.17) is 21.3 Å². The number of carbonyl (C=O) groups excluding carboxylic acids is 1. The Kier molecular flexibility index (Phi) is 8.00. The number of nitrogens with one attached hydrogen (secondary N) is 3. The number of guanidine groups is 1. The third-order valence-electron chi connectivity index (χ3n) is 5.02. The van der Waals surface area contributed by atoms with E-state index in [1.807, 2.05) is 49.4 Å². The molecular weight excluding hydrogens is 414 g/mol. The maximum Gasteiger partial charge on any atom is 0.221 e. The molecule has 31 heavy (non-hydrogen) atoms. The molecule has 0 spiro atoms. The average Bonchev–Trinajstić information content (AvgIpc) is 3.20. The highest BCUT2D eigenvalue weighted by Gasteiger charge is 2.25. The molecule has 0 radical (unpaired) electrons. The molecular formula is C23H30ClN5O2. The molecule has 1 aliphatic heterocycles. The minimum Gasteiger partial charge on any atom is -0.495 e. The number of halogens is 1. The van der Waals surface area contributed by atoms with Crippen molar-refractivity contribution >= 4 is 34.8 Å². The quantitative estimate of drug-likeness (QED) is 0.450. The molecule has 1 heterocycles. The first-order valence-electron chi connectivity index (χ1n) is 10.5. The van der Waals surface area contributed by atoms with Gasteiger partial charge >= 0.3 is 0 Å². The van der Waals surface area contributed by atoms with E-state index in [1.165, 1.54) is 6.92 Å². The van der Waals surface area contributed by atoms with Gasteiger partial charge in [-0.05, 0) is 49.2 Å². The first-order chi connectivity index (χ1) is 15.0. The summed E-state index contributed by atoms with van der Waals surface area (Å²) in [4.78, 5) is 18.3. The Bertz CT molecular complexity index is 934. The van der Waals surface area contributed by atoms with E-state index in [1.54, 1.807) is 7.11 Å². The number of hydrogen-bond acceptors (Lipinski definition) is 4. The number of hydrogen-bond donors (Lipinski definition) is 3. The lowest BCUT2D eigenvalue weighted by molar-refractivity contribution is -0.114. The van der Waals surface area contributed by atoms with Crippen LogP contribution in [0.5, 0.6) is 5.75 Å². The molecule has 3 rings (SSSR count). The lowest BCUT2D eigenvalue weighted by Crippen LogP contribution is -2.44. The minimum absolute atomic E-state index is 0.0854. The first-order valence-corrected chi connectivity index (χ1v) is 10.9. The van der Waals surface area contributed by atoms with Gasteiger partial charge in [-0.2, -0.15) is 0 Å². The van der Waals surface area contributed by atoms with Crippen LogP contribution in [0.15, 0.2) is 47.5 Å². The van der Waals surface area contributed by atoms with Gasteiger partial charge in [-0.15, -0.1) is 0 Å². The summed E-state index contributed by atoms with van der Waals surface area (Å²) in [5.74, 6) is 1.51. The Morgan fingerprint density at radius 1 is 1.29 bits per heavy atom. The summed E-state index contributed by atoms with van der Waals surface area (Å²) in [6, 6.07) is 13.7. The number of methoxy groups -OCH3 is 1. The molecule has 0 aliphatic carbocycles. The van der Waals surface area contributed by atoms with E-state index >= 15 is 0 Å². The lowest BCUT2D eigenvalue weighted by atomic mass is 10.2. The van der Waals surface area contributed by atoms with Crippen molar-refractivity contribution in [1.82, 2.24) is 10.6 Å². The SMILES string of the molecule is CCNC(=NCc1cccc(NC(C)=O)c1)NC1CCN(c2cc(Cl)ccc2OC)C1. The molecule has 1 saturated heterocycles. The van der Waals surface area contributed by atoms with Gasteiger partial charge in [0.1, 0.15) is 5.75 Å². The number of anilines is 2. The van der Waals surface area contributed by atoms with Crippen molar-refractivity contribution in [1.29, 1.82) is 0 Å². The standard InChI is InChI=1S/C23H30ClN5O2/c1-4-25-23(26-14-17-6-5-7-19(12-17)27-16(2)30)28-20-10-11-29(15-20)21-13-18(24)8-9-22(21)31-3/h5-9,12-13,20H,4,10-11,14-15H2,1-3H3,(H,27,30)(H2,25,26,28). The molecule has 7 nitrogen and oxygen atoms in total. The van der Waals surface area contributed by atoms with Crippen LogP contribution in [0.4, 0.5) is 11.4 Å². The number of amides is 1. The van der Waals surface area contributed by atoms with Crippen LogP contribution in [0.25, 0.3) is 0 Å². The van der Waals surface area contributed by atoms with Crippen molar-refractivity contribution in [2.45, 2.75) is 32.9 Å². The van der Waals surface area contributed by atoms with Gasteiger partial charge in [0.25, 0.3) is 0 Å². The Morgan fingerprint density at radius 2 is 2.13 bits per heavy atom. The van der Waals surface area contributed by atoms with Crippen molar-refractivity contribution in [2.24, 2.45) is 4.99 Å². The Labute approximate surface area is 188 Å². The lowest BCUT2D eigenvalue weighted by Gasteiger charge is -2.22. The topological polar surface area (TPSA) is 78.0 Å². The maximum atomic E-state index is 11.3. The van der Waals surface area contributed by atoms with Crippen LogP contribution >= 0.6 is 11.6 Å². The molecule has 0 aromatic heterocycles. The van der Waals surface area contributed by atoms with Gasteiger partial charge in [-0.3, -0.25) is 4.79 Å². The fraction of sp³-hybridized carbons (Fsp3) is 0.391. The summed E-state index contributed by atoms with van der Waals surface area (Å²) in [5.41, 5.74) is 2.82. The molecule has 0 saturated carbocycles. The number of aliphatic imine (C=N–C) groups is 1. The third-order valence-corrected chi connectivity index (χ3v) is 5.26. The second-order valence-electron chi connectivity index (χ2n) is 7.47. The minimum atomic E-state index is -0.0854. The number of nitrogens with zero attached hydrogens (tertiary/aromatic N) is 2. The van der Waals surface area contributed by atoms with E-state index in [-0.39, 0.29) is 11.9 Å². The van der Waals surface area contributed by atoms with Crippen molar-refractivity contribution in [2.75, 3.05) is 37.0 Å². The predicted octanol–water partition coefficient (Wildman–Crippen LogP) is 3.64. The second-order valence-corrected chi connectivity index (χ2v) is 7.91. The molecule has 1 amide bonds. The number of benzene rings is 2. The molecule has 1 atom stereocenters. The summed E-state index contributed by atoms with van der Waals surface area (Å²) in [6.45, 7) is 6.58. The van der Waals surface area contributed by atoms with Crippen LogP contribution in [0, 0.1) is 0 Å². The van der Waals surface area contributed by atoms with E-state index in [0.717, 1.165) is 54.7 Å². The highest BCUT2D eigenvalue weighted by molar-refractivity contribution is 6.30. The van der Waals surface area contributed by atoms with Crippen LogP contribution in [0.1, 0.15) is 25.8 Å². The summed E-state index contributed by atoms with van der Waals surface area (Å²) in [6.07, 6.45) is 0.984. The van der Waals surface area contributed by atoms with Crippen LogP contribution in [0.3, 0.4) is 0 Å². The molecule has 3 N–H and O–H groups in total. The Morgan fingerprint density at radius 3 is 2.87 bits per heavy atom. The summed E-state index contributed by atoms with van der Waals surface area (Å²) in [7, 11) is 1.68. The number of rotatable bonds is 7. The van der Waals surface area contributed by atoms with Gasteiger partial charge in [0.2, 0.25) is 5.91 Å². The van der Waals surface area contributed by atoms with Crippen molar-refractivity contribution in [3.05, 3.63) is 53.1 Å². The van der Waals surface area contributed by atoms with Crippen LogP contribution < -0.4 is 25.6 Å². The highest BCUT2D eigenvalue weighted by Crippen LogP contribution is 2.33. The Hall–Kier alpha value is -2.93. The number of carbonyl (C=O) groups is 1. The largest absolute Gasteiger partial charge is 0.495 e. The van der Waals surface area contributed by atoms with Crippen LogP contribution in [-0.2, 0) is 11.3 Å². The summed E-state index contributed by atoms with van der Waals surface area (Å²) < 4.78 is 5.51. The predicted molar refractivity (Wildman–Crippen MR) is 127 cm³/mol. The van der Waals surface area contributed by atoms with Gasteiger partial charge in [0, 0.05) is 43.3 Å². The molecule has 166 valence electrons. The molecule has 0 bridgehead atoms. The van der Waals surface area contributed by atoms with Crippen molar-refractivity contribution in [3.63, 3.8) is 0 Å². The molecule has 2 aromatic carbocycles. The first kappa shape index (κ1) is 22.7. The maximum absolute atomic E-state index is 11.3. The zero-order valence-electron chi connectivity index (χ0n) is 18.2. The Balaban J connectivity index is 1.64. The van der Waals surface area contributed by atoms with Gasteiger partial charge in [-0.1, -0.05) is 23.7 Å². The van der Waals surface area contributed by atoms with E-state index in [9.17, 15) is 4.79 Å². The van der Waals surface area contributed by atoms with Crippen molar-refractivity contribution < 1.29 is 9.53 Å². The molecule has 1 unspecified atom stereocenters. The molecule has 8 heteroatoms. The van der Waals surface area contributed by atoms with E-state index < -0.39 is 0 Å². The second kappa shape index (κ2) is 10.9. The van der Waals surface area contributed by atoms with Crippen LogP contribution in [0.2, 0.25) is 5.02 Å². The molecule has 2 aromatic rings.